The van der Waals surface area contributed by atoms with Crippen LogP contribution >= 0.6 is 0 Å². The van der Waals surface area contributed by atoms with Gasteiger partial charge in [0.15, 0.2) is 0 Å². The zero-order valence-electron chi connectivity index (χ0n) is 7.94. The van der Waals surface area contributed by atoms with Crippen molar-refractivity contribution >= 4 is 10.0 Å². The zero-order valence-corrected chi connectivity index (χ0v) is 8.76. The number of rotatable bonds is 3. The second-order valence-corrected chi connectivity index (χ2v) is 5.42. The third kappa shape index (κ3) is 2.42. The van der Waals surface area contributed by atoms with Crippen molar-refractivity contribution in [3.63, 3.8) is 0 Å². The SMILES string of the molecule is CC[C@H](CO)N1CCCCS1(=O)=O. The Morgan fingerprint density at radius 2 is 2.15 bits per heavy atom. The highest BCUT2D eigenvalue weighted by atomic mass is 32.2. The molecule has 0 aromatic rings. The van der Waals surface area contributed by atoms with Crippen LogP contribution in [0.3, 0.4) is 0 Å². The summed E-state index contributed by atoms with van der Waals surface area (Å²) >= 11 is 0. The van der Waals surface area contributed by atoms with Gasteiger partial charge in [-0.3, -0.25) is 0 Å². The lowest BCUT2D eigenvalue weighted by atomic mass is 10.2. The summed E-state index contributed by atoms with van der Waals surface area (Å²) < 4.78 is 24.6. The minimum Gasteiger partial charge on any atom is -0.395 e. The zero-order chi connectivity index (χ0) is 9.90. The number of aliphatic hydroxyl groups is 1. The van der Waals surface area contributed by atoms with Gasteiger partial charge in [0.05, 0.1) is 12.4 Å². The predicted octanol–water partition coefficient (Wildman–Crippen LogP) is 0.183. The van der Waals surface area contributed by atoms with Crippen LogP contribution in [0.4, 0.5) is 0 Å². The van der Waals surface area contributed by atoms with E-state index >= 15 is 0 Å². The third-order valence-corrected chi connectivity index (χ3v) is 4.48. The molecule has 1 aliphatic rings. The largest absolute Gasteiger partial charge is 0.395 e. The van der Waals surface area contributed by atoms with Gasteiger partial charge in [-0.25, -0.2) is 8.42 Å². The molecule has 1 atom stereocenters. The maximum Gasteiger partial charge on any atom is 0.214 e. The number of hydrogen-bond donors (Lipinski definition) is 1. The van der Waals surface area contributed by atoms with Gasteiger partial charge in [-0.2, -0.15) is 4.31 Å². The molecule has 4 nitrogen and oxygen atoms in total. The van der Waals surface area contributed by atoms with Crippen LogP contribution in [-0.2, 0) is 10.0 Å². The predicted molar refractivity (Wildman–Crippen MR) is 50.9 cm³/mol. The molecule has 0 unspecified atom stereocenters. The van der Waals surface area contributed by atoms with Crippen LogP contribution in [0.25, 0.3) is 0 Å². The van der Waals surface area contributed by atoms with Crippen molar-refractivity contribution in [2.24, 2.45) is 0 Å². The van der Waals surface area contributed by atoms with Gasteiger partial charge >= 0.3 is 0 Å². The van der Waals surface area contributed by atoms with Gasteiger partial charge in [0.1, 0.15) is 0 Å². The maximum absolute atomic E-state index is 11.6. The Balaban J connectivity index is 2.75. The first-order valence-corrected chi connectivity index (χ1v) is 6.33. The molecule has 1 saturated heterocycles. The molecule has 0 aliphatic carbocycles. The van der Waals surface area contributed by atoms with E-state index in [2.05, 4.69) is 0 Å². The second kappa shape index (κ2) is 4.39. The minimum absolute atomic E-state index is 0.0737. The lowest BCUT2D eigenvalue weighted by Gasteiger charge is -2.31. The van der Waals surface area contributed by atoms with Crippen LogP contribution in [0.15, 0.2) is 0 Å². The molecule has 78 valence electrons. The summed E-state index contributed by atoms with van der Waals surface area (Å²) in [5.41, 5.74) is 0. The van der Waals surface area contributed by atoms with Gasteiger partial charge < -0.3 is 5.11 Å². The van der Waals surface area contributed by atoms with E-state index in [9.17, 15) is 8.42 Å². The first-order valence-electron chi connectivity index (χ1n) is 4.72. The molecule has 0 spiro atoms. The van der Waals surface area contributed by atoms with Gasteiger partial charge in [-0.05, 0) is 19.3 Å². The summed E-state index contributed by atoms with van der Waals surface area (Å²) in [6.45, 7) is 2.39. The van der Waals surface area contributed by atoms with E-state index in [1.165, 1.54) is 4.31 Å². The number of hydrogen-bond acceptors (Lipinski definition) is 3. The van der Waals surface area contributed by atoms with Crippen molar-refractivity contribution in [2.75, 3.05) is 18.9 Å². The first-order chi connectivity index (χ1) is 6.11. The summed E-state index contributed by atoms with van der Waals surface area (Å²) in [5, 5.41) is 9.00. The van der Waals surface area contributed by atoms with Gasteiger partial charge in [0, 0.05) is 12.6 Å². The molecule has 1 N–H and O–H groups in total. The van der Waals surface area contributed by atoms with E-state index in [-0.39, 0.29) is 18.4 Å². The topological polar surface area (TPSA) is 57.6 Å². The summed E-state index contributed by atoms with van der Waals surface area (Å²) in [5.74, 6) is 0.240. The van der Waals surface area contributed by atoms with Crippen LogP contribution in [-0.4, -0.2) is 42.8 Å². The highest BCUT2D eigenvalue weighted by Crippen LogP contribution is 2.18. The van der Waals surface area contributed by atoms with Gasteiger partial charge in [0.25, 0.3) is 0 Å². The van der Waals surface area contributed by atoms with E-state index in [0.29, 0.717) is 13.0 Å². The highest BCUT2D eigenvalue weighted by Gasteiger charge is 2.30. The summed E-state index contributed by atoms with van der Waals surface area (Å²) in [7, 11) is -3.07. The Morgan fingerprint density at radius 3 is 2.62 bits per heavy atom. The fourth-order valence-corrected chi connectivity index (χ4v) is 3.52. The molecule has 1 heterocycles. The monoisotopic (exact) mass is 207 g/mol. The Morgan fingerprint density at radius 1 is 1.46 bits per heavy atom. The van der Waals surface area contributed by atoms with Crippen molar-refractivity contribution in [3.8, 4) is 0 Å². The van der Waals surface area contributed by atoms with Crippen LogP contribution in [0.1, 0.15) is 26.2 Å². The fourth-order valence-electron chi connectivity index (χ4n) is 1.64. The normalized spacial score (nSPS) is 25.7. The van der Waals surface area contributed by atoms with Crippen LogP contribution in [0.2, 0.25) is 0 Å². The van der Waals surface area contributed by atoms with Crippen LogP contribution in [0, 0.1) is 0 Å². The molecule has 0 bridgehead atoms. The molecule has 1 fully saturated rings. The number of sulfonamides is 1. The molecular formula is C8H17NO3S. The van der Waals surface area contributed by atoms with Gasteiger partial charge in [-0.15, -0.1) is 0 Å². The molecule has 0 saturated carbocycles. The van der Waals surface area contributed by atoms with Gasteiger partial charge in [-0.1, -0.05) is 6.92 Å². The molecule has 0 amide bonds. The van der Waals surface area contributed by atoms with Crippen molar-refractivity contribution in [1.82, 2.24) is 4.31 Å². The Labute approximate surface area is 79.6 Å². The molecule has 0 aromatic carbocycles. The number of nitrogens with zero attached hydrogens (tertiary/aromatic N) is 1. The Bertz CT molecular complexity index is 246. The van der Waals surface area contributed by atoms with Crippen LogP contribution in [0.5, 0.6) is 0 Å². The average molecular weight is 207 g/mol. The average Bonchev–Trinajstić information content (AvgIpc) is 2.09. The lowest BCUT2D eigenvalue weighted by Crippen LogP contribution is -2.46. The van der Waals surface area contributed by atoms with E-state index in [1.54, 1.807) is 0 Å². The Kier molecular flexibility index (Phi) is 3.70. The standard InChI is InChI=1S/C8H17NO3S/c1-2-8(7-10)9-5-3-4-6-13(9,11)12/h8,10H,2-7H2,1H3/t8-/m1/s1. The van der Waals surface area contributed by atoms with Crippen molar-refractivity contribution < 1.29 is 13.5 Å². The first kappa shape index (κ1) is 10.9. The summed E-state index contributed by atoms with van der Waals surface area (Å²) in [4.78, 5) is 0. The molecule has 0 aromatic heterocycles. The second-order valence-electron chi connectivity index (χ2n) is 3.38. The van der Waals surface area contributed by atoms with Crippen LogP contribution < -0.4 is 0 Å². The smallest absolute Gasteiger partial charge is 0.214 e. The van der Waals surface area contributed by atoms with E-state index in [0.717, 1.165) is 12.8 Å². The summed E-state index contributed by atoms with van der Waals surface area (Å²) in [6, 6.07) is -0.217. The molecule has 13 heavy (non-hydrogen) atoms. The van der Waals surface area contributed by atoms with E-state index in [4.69, 9.17) is 5.11 Å². The fraction of sp³-hybridized carbons (Fsp3) is 1.00. The minimum atomic E-state index is -3.07. The highest BCUT2D eigenvalue weighted by molar-refractivity contribution is 7.89. The lowest BCUT2D eigenvalue weighted by molar-refractivity contribution is 0.178. The number of aliphatic hydroxyl groups excluding tert-OH is 1. The van der Waals surface area contributed by atoms with E-state index in [1.807, 2.05) is 6.92 Å². The molecular weight excluding hydrogens is 190 g/mol. The molecule has 1 rings (SSSR count). The third-order valence-electron chi connectivity index (χ3n) is 2.48. The van der Waals surface area contributed by atoms with E-state index < -0.39 is 10.0 Å². The van der Waals surface area contributed by atoms with Crippen molar-refractivity contribution in [2.45, 2.75) is 32.2 Å². The van der Waals surface area contributed by atoms with Crippen molar-refractivity contribution in [1.29, 1.82) is 0 Å². The van der Waals surface area contributed by atoms with Gasteiger partial charge in [0.2, 0.25) is 10.0 Å². The summed E-state index contributed by atoms with van der Waals surface area (Å²) in [6.07, 6.45) is 2.34. The quantitative estimate of drug-likeness (QED) is 0.718. The molecule has 1 aliphatic heterocycles. The Hall–Kier alpha value is -0.130. The maximum atomic E-state index is 11.6. The molecule has 0 radical (unpaired) electrons. The van der Waals surface area contributed by atoms with Crippen molar-refractivity contribution in [3.05, 3.63) is 0 Å². The molecule has 5 heteroatoms.